The van der Waals surface area contributed by atoms with Crippen molar-refractivity contribution in [1.29, 1.82) is 0 Å². The van der Waals surface area contributed by atoms with Crippen molar-refractivity contribution in [1.82, 2.24) is 10.2 Å². The molecule has 27 heavy (non-hydrogen) atoms. The molecule has 4 rings (SSSR count). The molecule has 3 aromatic carbocycles. The minimum atomic E-state index is -0.431. The maximum atomic E-state index is 13.2. The molecule has 0 spiro atoms. The summed E-state index contributed by atoms with van der Waals surface area (Å²) in [6.45, 7) is 0. The number of anilines is 1. The van der Waals surface area contributed by atoms with Gasteiger partial charge in [-0.2, -0.15) is 0 Å². The van der Waals surface area contributed by atoms with Gasteiger partial charge in [0.15, 0.2) is 0 Å². The number of nitrogens with zero attached hydrogens (tertiary/aromatic N) is 2. The van der Waals surface area contributed by atoms with E-state index in [4.69, 9.17) is 16.0 Å². The second kappa shape index (κ2) is 7.60. The first kappa shape index (κ1) is 17.2. The second-order valence-corrected chi connectivity index (χ2v) is 6.39. The first-order valence-electron chi connectivity index (χ1n) is 8.35. The molecule has 0 amide bonds. The van der Waals surface area contributed by atoms with E-state index in [0.29, 0.717) is 16.8 Å². The fourth-order valence-electron chi connectivity index (χ4n) is 2.74. The van der Waals surface area contributed by atoms with Crippen molar-refractivity contribution in [3.8, 4) is 11.5 Å². The van der Waals surface area contributed by atoms with E-state index in [1.807, 2.05) is 48.5 Å². The van der Waals surface area contributed by atoms with Crippen molar-refractivity contribution in [3.63, 3.8) is 0 Å². The highest BCUT2D eigenvalue weighted by Gasteiger charge is 2.22. The summed E-state index contributed by atoms with van der Waals surface area (Å²) in [5.74, 6) is 0.517. The Morgan fingerprint density at radius 3 is 2.41 bits per heavy atom. The molecule has 134 valence electrons. The highest BCUT2D eigenvalue weighted by atomic mass is 35.5. The summed E-state index contributed by atoms with van der Waals surface area (Å²) >= 11 is 6.16. The van der Waals surface area contributed by atoms with E-state index in [1.165, 1.54) is 12.1 Å². The average molecular weight is 380 g/mol. The van der Waals surface area contributed by atoms with Gasteiger partial charge in [0, 0.05) is 16.3 Å². The topological polar surface area (TPSA) is 51.0 Å². The summed E-state index contributed by atoms with van der Waals surface area (Å²) in [6, 6.07) is 22.6. The van der Waals surface area contributed by atoms with Crippen molar-refractivity contribution < 1.29 is 8.81 Å². The van der Waals surface area contributed by atoms with Crippen LogP contribution in [0.4, 0.5) is 10.1 Å². The van der Waals surface area contributed by atoms with E-state index in [9.17, 15) is 4.39 Å². The fourth-order valence-corrected chi connectivity index (χ4v) is 2.93. The van der Waals surface area contributed by atoms with E-state index in [1.54, 1.807) is 18.2 Å². The Kier molecular flexibility index (Phi) is 4.85. The minimum absolute atomic E-state index is 0.302. The van der Waals surface area contributed by atoms with Crippen LogP contribution in [-0.2, 0) is 0 Å². The van der Waals surface area contributed by atoms with Gasteiger partial charge in [-0.1, -0.05) is 41.9 Å². The highest BCUT2D eigenvalue weighted by Crippen LogP contribution is 2.29. The Morgan fingerprint density at radius 2 is 1.67 bits per heavy atom. The summed E-state index contributed by atoms with van der Waals surface area (Å²) in [4.78, 5) is 0. The van der Waals surface area contributed by atoms with Gasteiger partial charge in [0.2, 0.25) is 11.8 Å². The standard InChI is InChI=1S/C21H15ClFN3O/c22-16-8-4-7-15(13-16)19(24-18-11-9-17(23)10-12-18)21-26-25-20(27-21)14-5-2-1-3-6-14/h1-13,19,24H. The minimum Gasteiger partial charge on any atom is -0.418 e. The lowest BCUT2D eigenvalue weighted by Crippen LogP contribution is -2.13. The number of halogens is 2. The third kappa shape index (κ3) is 3.99. The van der Waals surface area contributed by atoms with Gasteiger partial charge >= 0.3 is 0 Å². The number of rotatable bonds is 5. The van der Waals surface area contributed by atoms with Gasteiger partial charge in [-0.25, -0.2) is 4.39 Å². The lowest BCUT2D eigenvalue weighted by molar-refractivity contribution is 0.494. The van der Waals surface area contributed by atoms with E-state index >= 15 is 0 Å². The van der Waals surface area contributed by atoms with Crippen LogP contribution in [0.15, 0.2) is 83.3 Å². The third-order valence-electron chi connectivity index (χ3n) is 4.05. The third-order valence-corrected chi connectivity index (χ3v) is 4.28. The number of aromatic nitrogens is 2. The molecular formula is C21H15ClFN3O. The number of nitrogens with one attached hydrogen (secondary N) is 1. The molecule has 0 aliphatic rings. The first-order valence-corrected chi connectivity index (χ1v) is 8.73. The molecular weight excluding hydrogens is 365 g/mol. The van der Waals surface area contributed by atoms with Crippen molar-refractivity contribution in [2.24, 2.45) is 0 Å². The molecule has 0 aliphatic heterocycles. The molecule has 0 aliphatic carbocycles. The molecule has 0 saturated carbocycles. The van der Waals surface area contributed by atoms with Crippen molar-refractivity contribution in [2.45, 2.75) is 6.04 Å². The van der Waals surface area contributed by atoms with Gasteiger partial charge in [-0.05, 0) is 54.1 Å². The molecule has 4 aromatic rings. The largest absolute Gasteiger partial charge is 0.418 e. The molecule has 0 saturated heterocycles. The molecule has 1 heterocycles. The van der Waals surface area contributed by atoms with Gasteiger partial charge in [0.25, 0.3) is 0 Å². The SMILES string of the molecule is Fc1ccc(NC(c2cccc(Cl)c2)c2nnc(-c3ccccc3)o2)cc1. The van der Waals surface area contributed by atoms with Crippen LogP contribution in [0.1, 0.15) is 17.5 Å². The van der Waals surface area contributed by atoms with Crippen LogP contribution < -0.4 is 5.32 Å². The lowest BCUT2D eigenvalue weighted by atomic mass is 10.1. The maximum absolute atomic E-state index is 13.2. The molecule has 1 N–H and O–H groups in total. The van der Waals surface area contributed by atoms with Crippen LogP contribution in [0.3, 0.4) is 0 Å². The number of hydrogen-bond acceptors (Lipinski definition) is 4. The van der Waals surface area contributed by atoms with Crippen molar-refractivity contribution in [3.05, 3.63) is 101 Å². The molecule has 0 bridgehead atoms. The molecule has 6 heteroatoms. The Morgan fingerprint density at radius 1 is 0.889 bits per heavy atom. The highest BCUT2D eigenvalue weighted by molar-refractivity contribution is 6.30. The van der Waals surface area contributed by atoms with Crippen LogP contribution in [0.2, 0.25) is 5.02 Å². The molecule has 1 atom stereocenters. The normalized spacial score (nSPS) is 11.9. The number of hydrogen-bond donors (Lipinski definition) is 1. The fraction of sp³-hybridized carbons (Fsp3) is 0.0476. The summed E-state index contributed by atoms with van der Waals surface area (Å²) < 4.78 is 19.1. The van der Waals surface area contributed by atoms with Crippen LogP contribution in [0.25, 0.3) is 11.5 Å². The van der Waals surface area contributed by atoms with Gasteiger partial charge in [0.1, 0.15) is 11.9 Å². The van der Waals surface area contributed by atoms with Gasteiger partial charge in [-0.3, -0.25) is 0 Å². The lowest BCUT2D eigenvalue weighted by Gasteiger charge is -2.17. The van der Waals surface area contributed by atoms with Crippen molar-refractivity contribution >= 4 is 17.3 Å². The molecule has 0 radical (unpaired) electrons. The average Bonchev–Trinajstić information content (AvgIpc) is 3.18. The quantitative estimate of drug-likeness (QED) is 0.481. The summed E-state index contributed by atoms with van der Waals surface area (Å²) in [6.07, 6.45) is 0. The Labute approximate surface area is 160 Å². The van der Waals surface area contributed by atoms with Gasteiger partial charge in [0.05, 0.1) is 0 Å². The number of benzene rings is 3. The summed E-state index contributed by atoms with van der Waals surface area (Å²) in [5, 5.41) is 12.3. The van der Waals surface area contributed by atoms with E-state index in [0.717, 1.165) is 16.8 Å². The zero-order chi connectivity index (χ0) is 18.6. The van der Waals surface area contributed by atoms with Gasteiger partial charge < -0.3 is 9.73 Å². The van der Waals surface area contributed by atoms with Crippen LogP contribution >= 0.6 is 11.6 Å². The molecule has 1 aromatic heterocycles. The van der Waals surface area contributed by atoms with E-state index < -0.39 is 6.04 Å². The Bertz CT molecular complexity index is 1030. The molecule has 4 nitrogen and oxygen atoms in total. The maximum Gasteiger partial charge on any atom is 0.247 e. The second-order valence-electron chi connectivity index (χ2n) is 5.95. The summed E-state index contributed by atoms with van der Waals surface area (Å²) in [5.41, 5.74) is 2.42. The first-order chi connectivity index (χ1) is 13.2. The van der Waals surface area contributed by atoms with Crippen LogP contribution in [0, 0.1) is 5.82 Å². The van der Waals surface area contributed by atoms with E-state index in [-0.39, 0.29) is 5.82 Å². The van der Waals surface area contributed by atoms with Crippen molar-refractivity contribution in [2.75, 3.05) is 5.32 Å². The molecule has 0 fully saturated rings. The van der Waals surface area contributed by atoms with Crippen LogP contribution in [-0.4, -0.2) is 10.2 Å². The van der Waals surface area contributed by atoms with Crippen LogP contribution in [0.5, 0.6) is 0 Å². The Hall–Kier alpha value is -3.18. The summed E-state index contributed by atoms with van der Waals surface area (Å²) in [7, 11) is 0. The predicted molar refractivity (Wildman–Crippen MR) is 103 cm³/mol. The predicted octanol–water partition coefficient (Wildman–Crippen LogP) is 5.73. The smallest absolute Gasteiger partial charge is 0.247 e. The van der Waals surface area contributed by atoms with E-state index in [2.05, 4.69) is 15.5 Å². The zero-order valence-corrected chi connectivity index (χ0v) is 14.9. The monoisotopic (exact) mass is 379 g/mol. The van der Waals surface area contributed by atoms with Gasteiger partial charge in [-0.15, -0.1) is 10.2 Å². The zero-order valence-electron chi connectivity index (χ0n) is 14.1. The Balaban J connectivity index is 1.71. The molecule has 1 unspecified atom stereocenters.